The summed E-state index contributed by atoms with van der Waals surface area (Å²) in [5.74, 6) is -1.75. The maximum atomic E-state index is 10.1. The first-order chi connectivity index (χ1) is 6.04. The Labute approximate surface area is 82.9 Å². The molecule has 0 saturated carbocycles. The van der Waals surface area contributed by atoms with E-state index >= 15 is 0 Å². The minimum atomic E-state index is -1.35. The van der Waals surface area contributed by atoms with Gasteiger partial charge in [-0.2, -0.15) is 0 Å². The van der Waals surface area contributed by atoms with Gasteiger partial charge in [0.15, 0.2) is 6.10 Å². The van der Waals surface area contributed by atoms with E-state index in [0.29, 0.717) is 5.75 Å². The standard InChI is InChI=1S/C6H10O5S2/c7-4(6(10)11)1-2-12-13-3-5(8)9/h4,7H,1-3H2,(H,8,9)(H,10,11). The van der Waals surface area contributed by atoms with Crippen LogP contribution in [0.2, 0.25) is 0 Å². The summed E-state index contributed by atoms with van der Waals surface area (Å²) in [5.41, 5.74) is 0. The average molecular weight is 226 g/mol. The highest BCUT2D eigenvalue weighted by Gasteiger charge is 2.12. The molecule has 3 N–H and O–H groups in total. The fourth-order valence-corrected chi connectivity index (χ4v) is 2.25. The van der Waals surface area contributed by atoms with E-state index in [1.54, 1.807) is 0 Å². The Morgan fingerprint density at radius 2 is 1.85 bits per heavy atom. The molecule has 0 amide bonds. The first-order valence-electron chi connectivity index (χ1n) is 3.41. The van der Waals surface area contributed by atoms with Crippen molar-refractivity contribution in [2.45, 2.75) is 12.5 Å². The van der Waals surface area contributed by atoms with Crippen LogP contribution in [0.4, 0.5) is 0 Å². The minimum absolute atomic E-state index is 0.0200. The van der Waals surface area contributed by atoms with Gasteiger partial charge in [0.1, 0.15) is 5.75 Å². The molecular formula is C6H10O5S2. The molecule has 1 atom stereocenters. The van der Waals surface area contributed by atoms with Crippen LogP contribution in [0.3, 0.4) is 0 Å². The van der Waals surface area contributed by atoms with E-state index in [0.717, 1.165) is 10.8 Å². The molecule has 0 aromatic carbocycles. The predicted octanol–water partition coefficient (Wildman–Crippen LogP) is 0.288. The summed E-state index contributed by atoms with van der Waals surface area (Å²) in [4.78, 5) is 20.1. The first kappa shape index (κ1) is 12.6. The van der Waals surface area contributed by atoms with E-state index in [4.69, 9.17) is 15.3 Å². The molecule has 0 aromatic rings. The van der Waals surface area contributed by atoms with Gasteiger partial charge >= 0.3 is 11.9 Å². The van der Waals surface area contributed by atoms with Crippen LogP contribution in [0.15, 0.2) is 0 Å². The van der Waals surface area contributed by atoms with Crippen LogP contribution in [-0.4, -0.2) is 44.9 Å². The molecule has 0 fully saturated rings. The summed E-state index contributed by atoms with van der Waals surface area (Å²) in [6.07, 6.45) is -1.22. The molecule has 7 heteroatoms. The highest BCUT2D eigenvalue weighted by atomic mass is 33.1. The largest absolute Gasteiger partial charge is 0.481 e. The average Bonchev–Trinajstić information content (AvgIpc) is 2.02. The number of aliphatic hydroxyl groups excluding tert-OH is 1. The van der Waals surface area contributed by atoms with Gasteiger partial charge in [-0.3, -0.25) is 4.79 Å². The maximum absolute atomic E-state index is 10.1. The van der Waals surface area contributed by atoms with Crippen molar-refractivity contribution in [3.8, 4) is 0 Å². The third-order valence-electron chi connectivity index (χ3n) is 1.03. The van der Waals surface area contributed by atoms with E-state index in [2.05, 4.69) is 0 Å². The van der Waals surface area contributed by atoms with Crippen molar-refractivity contribution in [1.29, 1.82) is 0 Å². The Balaban J connectivity index is 3.26. The SMILES string of the molecule is O=C(O)CSSCCC(O)C(=O)O. The summed E-state index contributed by atoms with van der Waals surface area (Å²) >= 11 is 0. The van der Waals surface area contributed by atoms with Gasteiger partial charge in [0.2, 0.25) is 0 Å². The molecule has 0 radical (unpaired) electrons. The van der Waals surface area contributed by atoms with Gasteiger partial charge in [-0.1, -0.05) is 21.6 Å². The van der Waals surface area contributed by atoms with Crippen LogP contribution < -0.4 is 0 Å². The molecule has 0 aromatic heterocycles. The molecule has 76 valence electrons. The predicted molar refractivity (Wildman–Crippen MR) is 50.8 cm³/mol. The summed E-state index contributed by atoms with van der Waals surface area (Å²) in [7, 11) is 2.37. The fourth-order valence-electron chi connectivity index (χ4n) is 0.434. The Kier molecular flexibility index (Phi) is 6.83. The van der Waals surface area contributed by atoms with Gasteiger partial charge in [-0.25, -0.2) is 4.79 Å². The maximum Gasteiger partial charge on any atom is 0.332 e. The van der Waals surface area contributed by atoms with E-state index < -0.39 is 18.0 Å². The van der Waals surface area contributed by atoms with Gasteiger partial charge < -0.3 is 15.3 Å². The van der Waals surface area contributed by atoms with Crippen molar-refractivity contribution in [2.75, 3.05) is 11.5 Å². The highest BCUT2D eigenvalue weighted by Crippen LogP contribution is 2.21. The van der Waals surface area contributed by atoms with Gasteiger partial charge in [0.25, 0.3) is 0 Å². The smallest absolute Gasteiger partial charge is 0.332 e. The van der Waals surface area contributed by atoms with Crippen molar-refractivity contribution >= 4 is 33.5 Å². The Morgan fingerprint density at radius 1 is 1.23 bits per heavy atom. The first-order valence-corrected chi connectivity index (χ1v) is 5.90. The zero-order valence-corrected chi connectivity index (χ0v) is 8.31. The lowest BCUT2D eigenvalue weighted by atomic mass is 10.3. The topological polar surface area (TPSA) is 94.8 Å². The molecule has 0 bridgehead atoms. The molecule has 0 heterocycles. The monoisotopic (exact) mass is 226 g/mol. The van der Waals surface area contributed by atoms with E-state index in [-0.39, 0.29) is 12.2 Å². The van der Waals surface area contributed by atoms with Crippen LogP contribution >= 0.6 is 21.6 Å². The van der Waals surface area contributed by atoms with Crippen molar-refractivity contribution < 1.29 is 24.9 Å². The van der Waals surface area contributed by atoms with Crippen molar-refractivity contribution in [2.24, 2.45) is 0 Å². The minimum Gasteiger partial charge on any atom is -0.481 e. The third-order valence-corrected chi connectivity index (χ3v) is 3.31. The molecule has 0 spiro atoms. The quantitative estimate of drug-likeness (QED) is 0.424. The summed E-state index contributed by atoms with van der Waals surface area (Å²) in [5, 5.41) is 25.3. The van der Waals surface area contributed by atoms with Gasteiger partial charge in [0.05, 0.1) is 0 Å². The Bertz CT molecular complexity index is 184. The van der Waals surface area contributed by atoms with E-state index in [1.165, 1.54) is 10.8 Å². The number of carbonyl (C=O) groups is 2. The number of carboxylic acids is 2. The highest BCUT2D eigenvalue weighted by molar-refractivity contribution is 8.76. The number of rotatable bonds is 7. The normalized spacial score (nSPS) is 12.4. The van der Waals surface area contributed by atoms with E-state index in [1.807, 2.05) is 0 Å². The number of aliphatic carboxylic acids is 2. The van der Waals surface area contributed by atoms with E-state index in [9.17, 15) is 9.59 Å². The lowest BCUT2D eigenvalue weighted by molar-refractivity contribution is -0.146. The summed E-state index contributed by atoms with van der Waals surface area (Å²) < 4.78 is 0. The van der Waals surface area contributed by atoms with Crippen LogP contribution in [0.1, 0.15) is 6.42 Å². The number of hydrogen-bond acceptors (Lipinski definition) is 5. The molecule has 0 saturated heterocycles. The van der Waals surface area contributed by atoms with Gasteiger partial charge in [-0.05, 0) is 6.42 Å². The molecule has 0 rings (SSSR count). The van der Waals surface area contributed by atoms with Crippen LogP contribution in [0.25, 0.3) is 0 Å². The van der Waals surface area contributed by atoms with Crippen molar-refractivity contribution in [1.82, 2.24) is 0 Å². The third kappa shape index (κ3) is 7.94. The van der Waals surface area contributed by atoms with Gasteiger partial charge in [-0.15, -0.1) is 0 Å². The number of hydrogen-bond donors (Lipinski definition) is 3. The second kappa shape index (κ2) is 7.05. The summed E-state index contributed by atoms with van der Waals surface area (Å²) in [6.45, 7) is 0. The van der Waals surface area contributed by atoms with Gasteiger partial charge in [0, 0.05) is 5.75 Å². The lowest BCUT2D eigenvalue weighted by Gasteiger charge is -2.03. The second-order valence-electron chi connectivity index (χ2n) is 2.12. The van der Waals surface area contributed by atoms with Crippen molar-refractivity contribution in [3.63, 3.8) is 0 Å². The summed E-state index contributed by atoms with van der Waals surface area (Å²) in [6, 6.07) is 0. The second-order valence-corrected chi connectivity index (χ2v) is 4.70. The Morgan fingerprint density at radius 3 is 2.31 bits per heavy atom. The molecule has 1 unspecified atom stereocenters. The fraction of sp³-hybridized carbons (Fsp3) is 0.667. The van der Waals surface area contributed by atoms with Crippen LogP contribution in [-0.2, 0) is 9.59 Å². The zero-order valence-electron chi connectivity index (χ0n) is 6.67. The molecule has 5 nitrogen and oxygen atoms in total. The lowest BCUT2D eigenvalue weighted by Crippen LogP contribution is -2.19. The number of aliphatic hydroxyl groups is 1. The molecule has 0 aliphatic heterocycles. The van der Waals surface area contributed by atoms with Crippen LogP contribution in [0, 0.1) is 0 Å². The zero-order chi connectivity index (χ0) is 10.3. The van der Waals surface area contributed by atoms with Crippen molar-refractivity contribution in [3.05, 3.63) is 0 Å². The molecule has 0 aliphatic carbocycles. The number of carboxylic acid groups (broad SMARTS) is 2. The van der Waals surface area contributed by atoms with Crippen LogP contribution in [0.5, 0.6) is 0 Å². The Hall–Kier alpha value is -0.400. The molecular weight excluding hydrogens is 216 g/mol. The molecule has 13 heavy (non-hydrogen) atoms. The molecule has 0 aliphatic rings.